The zero-order valence-corrected chi connectivity index (χ0v) is 16.8. The Balaban J connectivity index is 1.51. The van der Waals surface area contributed by atoms with Crippen LogP contribution in [-0.2, 0) is 17.6 Å². The minimum atomic E-state index is -0.131. The molecular formula is C22H25N5O3. The van der Waals surface area contributed by atoms with E-state index >= 15 is 0 Å². The number of fused-ring (bicyclic) bond motifs is 1. The number of carbonyl (C=O) groups is 1. The number of nitrogens with zero attached hydrogens (tertiary/aromatic N) is 3. The van der Waals surface area contributed by atoms with E-state index < -0.39 is 0 Å². The van der Waals surface area contributed by atoms with Gasteiger partial charge in [0.2, 0.25) is 11.9 Å². The summed E-state index contributed by atoms with van der Waals surface area (Å²) in [6.07, 6.45) is 10.2. The molecule has 0 bridgehead atoms. The molecule has 0 aliphatic heterocycles. The fourth-order valence-electron chi connectivity index (χ4n) is 4.54. The van der Waals surface area contributed by atoms with Crippen molar-refractivity contribution in [2.45, 2.75) is 57.8 Å². The highest BCUT2D eigenvalue weighted by Crippen LogP contribution is 2.29. The van der Waals surface area contributed by atoms with Crippen LogP contribution in [0.5, 0.6) is 0 Å². The summed E-state index contributed by atoms with van der Waals surface area (Å²) in [5.74, 6) is 1.76. The number of aromatic amines is 1. The van der Waals surface area contributed by atoms with Gasteiger partial charge in [-0.15, -0.1) is 0 Å². The van der Waals surface area contributed by atoms with Crippen LogP contribution in [0, 0.1) is 5.92 Å². The molecular weight excluding hydrogens is 382 g/mol. The molecule has 2 N–H and O–H groups in total. The Morgan fingerprint density at radius 2 is 2.07 bits per heavy atom. The van der Waals surface area contributed by atoms with Crippen LogP contribution in [0.25, 0.3) is 17.4 Å². The van der Waals surface area contributed by atoms with Crippen LogP contribution in [0.2, 0.25) is 0 Å². The van der Waals surface area contributed by atoms with Gasteiger partial charge in [-0.1, -0.05) is 12.8 Å². The summed E-state index contributed by atoms with van der Waals surface area (Å²) in [6.45, 7) is 0. The zero-order chi connectivity index (χ0) is 20.5. The molecule has 0 spiro atoms. The van der Waals surface area contributed by atoms with Crippen LogP contribution in [0.1, 0.15) is 56.2 Å². The highest BCUT2D eigenvalue weighted by Gasteiger charge is 2.22. The number of carbonyl (C=O) groups excluding carboxylic acids is 1. The lowest BCUT2D eigenvalue weighted by Crippen LogP contribution is -2.25. The van der Waals surface area contributed by atoms with Crippen molar-refractivity contribution < 1.29 is 9.21 Å². The first-order chi connectivity index (χ1) is 14.7. The highest BCUT2D eigenvalue weighted by atomic mass is 16.3. The first kappa shape index (κ1) is 18.8. The number of hydrogen-bond donors (Lipinski definition) is 2. The summed E-state index contributed by atoms with van der Waals surface area (Å²) < 4.78 is 6.97. The standard InChI is InChI=1S/C22H25N5O3/c28-20(12-14-6-1-2-7-14)24-19-13-17(18-10-5-11-30-18)26-27(19)22-23-16-9-4-3-8-15(16)21(29)25-22/h5,10-11,13-14H,1-4,6-9,12H2,(H,24,28)(H,23,25,29). The molecule has 1 amide bonds. The summed E-state index contributed by atoms with van der Waals surface area (Å²) >= 11 is 0. The van der Waals surface area contributed by atoms with Gasteiger partial charge < -0.3 is 9.73 Å². The van der Waals surface area contributed by atoms with Crippen LogP contribution < -0.4 is 10.9 Å². The molecule has 1 saturated carbocycles. The summed E-state index contributed by atoms with van der Waals surface area (Å²) in [5, 5.41) is 7.55. The number of amides is 1. The fraction of sp³-hybridized carbons (Fsp3) is 0.455. The van der Waals surface area contributed by atoms with Crippen molar-refractivity contribution in [2.75, 3.05) is 5.32 Å². The molecule has 30 heavy (non-hydrogen) atoms. The molecule has 156 valence electrons. The van der Waals surface area contributed by atoms with Gasteiger partial charge in [-0.3, -0.25) is 14.6 Å². The van der Waals surface area contributed by atoms with Crippen molar-refractivity contribution in [3.8, 4) is 17.4 Å². The Morgan fingerprint density at radius 3 is 2.87 bits per heavy atom. The van der Waals surface area contributed by atoms with Gasteiger partial charge in [0, 0.05) is 18.1 Å². The van der Waals surface area contributed by atoms with Gasteiger partial charge >= 0.3 is 0 Å². The monoisotopic (exact) mass is 407 g/mol. The summed E-state index contributed by atoms with van der Waals surface area (Å²) in [5.41, 5.74) is 2.01. The molecule has 2 aliphatic rings. The van der Waals surface area contributed by atoms with E-state index in [4.69, 9.17) is 4.42 Å². The molecule has 8 nitrogen and oxygen atoms in total. The summed E-state index contributed by atoms with van der Waals surface area (Å²) in [7, 11) is 0. The minimum Gasteiger partial charge on any atom is -0.463 e. The van der Waals surface area contributed by atoms with E-state index in [0.29, 0.717) is 35.6 Å². The molecule has 0 aromatic carbocycles. The van der Waals surface area contributed by atoms with Gasteiger partial charge in [-0.2, -0.15) is 9.78 Å². The predicted molar refractivity (Wildman–Crippen MR) is 112 cm³/mol. The van der Waals surface area contributed by atoms with Gasteiger partial charge in [-0.05, 0) is 56.6 Å². The van der Waals surface area contributed by atoms with Crippen LogP contribution >= 0.6 is 0 Å². The number of aromatic nitrogens is 4. The van der Waals surface area contributed by atoms with E-state index in [1.165, 1.54) is 17.5 Å². The molecule has 2 aliphatic carbocycles. The molecule has 8 heteroatoms. The largest absolute Gasteiger partial charge is 0.463 e. The van der Waals surface area contributed by atoms with E-state index in [0.717, 1.165) is 49.8 Å². The molecule has 5 rings (SSSR count). The molecule has 3 heterocycles. The average molecular weight is 407 g/mol. The lowest BCUT2D eigenvalue weighted by Gasteiger charge is -2.15. The molecule has 0 saturated heterocycles. The lowest BCUT2D eigenvalue weighted by molar-refractivity contribution is -0.117. The number of hydrogen-bond acceptors (Lipinski definition) is 5. The van der Waals surface area contributed by atoms with E-state index in [-0.39, 0.29) is 11.5 Å². The Bertz CT molecular complexity index is 1110. The van der Waals surface area contributed by atoms with Crippen LogP contribution in [0.15, 0.2) is 33.7 Å². The van der Waals surface area contributed by atoms with Crippen LogP contribution in [0.4, 0.5) is 5.82 Å². The van der Waals surface area contributed by atoms with E-state index in [1.54, 1.807) is 24.5 Å². The number of rotatable bonds is 5. The number of furan rings is 1. The minimum absolute atomic E-state index is 0.0469. The Labute approximate surface area is 173 Å². The van der Waals surface area contributed by atoms with Crippen molar-refractivity contribution in [3.63, 3.8) is 0 Å². The third kappa shape index (κ3) is 3.69. The molecule has 0 radical (unpaired) electrons. The summed E-state index contributed by atoms with van der Waals surface area (Å²) in [4.78, 5) is 32.8. The number of aryl methyl sites for hydroxylation is 1. The third-order valence-electron chi connectivity index (χ3n) is 6.08. The molecule has 3 aromatic heterocycles. The summed E-state index contributed by atoms with van der Waals surface area (Å²) in [6, 6.07) is 5.34. The molecule has 1 fully saturated rings. The van der Waals surface area contributed by atoms with Gasteiger partial charge in [0.1, 0.15) is 11.5 Å². The van der Waals surface area contributed by atoms with Crippen molar-refractivity contribution in [1.29, 1.82) is 0 Å². The van der Waals surface area contributed by atoms with Gasteiger partial charge in [0.25, 0.3) is 5.56 Å². The number of nitrogens with one attached hydrogen (secondary N) is 2. The normalized spacial score (nSPS) is 16.5. The first-order valence-corrected chi connectivity index (χ1v) is 10.7. The molecule has 3 aromatic rings. The maximum Gasteiger partial charge on any atom is 0.255 e. The van der Waals surface area contributed by atoms with Gasteiger partial charge in [0.15, 0.2) is 5.76 Å². The maximum absolute atomic E-state index is 12.7. The highest BCUT2D eigenvalue weighted by molar-refractivity contribution is 5.90. The van der Waals surface area contributed by atoms with Crippen molar-refractivity contribution in [1.82, 2.24) is 19.7 Å². The molecule has 0 atom stereocenters. The maximum atomic E-state index is 12.7. The third-order valence-corrected chi connectivity index (χ3v) is 6.08. The van der Waals surface area contributed by atoms with Gasteiger partial charge in [-0.25, -0.2) is 4.98 Å². The SMILES string of the molecule is O=C(CC1CCCC1)Nc1cc(-c2ccco2)nn1-c1nc2c(c(=O)[nH]1)CCCC2. The Hall–Kier alpha value is -3.16. The Morgan fingerprint density at radius 1 is 1.23 bits per heavy atom. The quantitative estimate of drug-likeness (QED) is 0.672. The number of anilines is 1. The van der Waals surface area contributed by atoms with Crippen molar-refractivity contribution >= 4 is 11.7 Å². The lowest BCUT2D eigenvalue weighted by atomic mass is 9.97. The second-order valence-corrected chi connectivity index (χ2v) is 8.23. The van der Waals surface area contributed by atoms with Crippen LogP contribution in [0.3, 0.4) is 0 Å². The topological polar surface area (TPSA) is 106 Å². The first-order valence-electron chi connectivity index (χ1n) is 10.7. The zero-order valence-electron chi connectivity index (χ0n) is 16.8. The van der Waals surface area contributed by atoms with E-state index in [9.17, 15) is 9.59 Å². The predicted octanol–water partition coefficient (Wildman–Crippen LogP) is 3.61. The van der Waals surface area contributed by atoms with Gasteiger partial charge in [0.05, 0.1) is 12.0 Å². The van der Waals surface area contributed by atoms with Crippen LogP contribution in [-0.4, -0.2) is 25.7 Å². The Kier molecular flexibility index (Phi) is 4.98. The second-order valence-electron chi connectivity index (χ2n) is 8.23. The van der Waals surface area contributed by atoms with E-state index in [2.05, 4.69) is 20.4 Å². The smallest absolute Gasteiger partial charge is 0.255 e. The van der Waals surface area contributed by atoms with E-state index in [1.807, 2.05) is 0 Å². The second kappa shape index (κ2) is 7.93. The van der Waals surface area contributed by atoms with Crippen molar-refractivity contribution in [2.24, 2.45) is 5.92 Å². The fourth-order valence-corrected chi connectivity index (χ4v) is 4.54. The average Bonchev–Trinajstić information content (AvgIpc) is 3.50. The van der Waals surface area contributed by atoms with Crippen molar-refractivity contribution in [3.05, 3.63) is 46.1 Å². The molecule has 0 unspecified atom stereocenters. The number of H-pyrrole nitrogens is 1.